The molecule has 3 aromatic rings. The Hall–Kier alpha value is -2.45. The molecule has 136 valence electrons. The lowest BCUT2D eigenvalue weighted by atomic mass is 10.3. The van der Waals surface area contributed by atoms with E-state index in [0.717, 1.165) is 10.6 Å². The van der Waals surface area contributed by atoms with E-state index in [1.54, 1.807) is 11.4 Å². The van der Waals surface area contributed by atoms with E-state index < -0.39 is 17.4 Å². The zero-order valence-electron chi connectivity index (χ0n) is 13.8. The number of hydrogen-bond donors (Lipinski definition) is 1. The third-order valence-electron chi connectivity index (χ3n) is 3.79. The lowest BCUT2D eigenvalue weighted by molar-refractivity contribution is -0.116. The Morgan fingerprint density at radius 3 is 2.73 bits per heavy atom. The first-order valence-corrected chi connectivity index (χ1v) is 9.14. The molecule has 0 fully saturated rings. The highest BCUT2D eigenvalue weighted by Crippen LogP contribution is 2.19. The summed E-state index contributed by atoms with van der Waals surface area (Å²) in [5, 5.41) is 4.32. The number of anilines is 1. The van der Waals surface area contributed by atoms with Crippen LogP contribution in [0.2, 0.25) is 5.02 Å². The number of carbonyl (C=O) groups excluding carboxylic acids is 1. The highest BCUT2D eigenvalue weighted by atomic mass is 35.5. The third-order valence-corrected chi connectivity index (χ3v) is 4.92. The molecular weight excluding hydrogens is 381 g/mol. The monoisotopic (exact) mass is 395 g/mol. The molecule has 3 rings (SSSR count). The number of nitrogens with zero attached hydrogens (tertiary/aromatic N) is 2. The Labute approximate surface area is 156 Å². The van der Waals surface area contributed by atoms with Crippen LogP contribution in [-0.4, -0.2) is 15.0 Å². The van der Waals surface area contributed by atoms with Crippen molar-refractivity contribution in [2.24, 2.45) is 0 Å². The van der Waals surface area contributed by atoms with Gasteiger partial charge in [-0.05, 0) is 36.1 Å². The van der Waals surface area contributed by atoms with Gasteiger partial charge in [0.25, 0.3) is 5.56 Å². The van der Waals surface area contributed by atoms with Gasteiger partial charge in [-0.25, -0.2) is 9.18 Å². The molecule has 0 atom stereocenters. The molecule has 2 aromatic heterocycles. The molecule has 9 heteroatoms. The Morgan fingerprint density at radius 1 is 1.27 bits per heavy atom. The highest BCUT2D eigenvalue weighted by molar-refractivity contribution is 7.17. The van der Waals surface area contributed by atoms with E-state index in [1.807, 2.05) is 6.92 Å². The molecule has 1 amide bonds. The van der Waals surface area contributed by atoms with Gasteiger partial charge in [0.15, 0.2) is 0 Å². The van der Waals surface area contributed by atoms with Crippen molar-refractivity contribution in [2.75, 3.05) is 5.32 Å². The van der Waals surface area contributed by atoms with E-state index in [1.165, 1.54) is 28.0 Å². The maximum absolute atomic E-state index is 13.8. The van der Waals surface area contributed by atoms with Crippen LogP contribution < -0.4 is 16.6 Å². The molecule has 2 heterocycles. The number of carbonyl (C=O) groups is 1. The standard InChI is InChI=1S/C17H15ClFN3O3S/c1-2-6-21-16(24)15-13(5-7-26-15)22(17(21)25)9-14(23)20-12-4-3-10(18)8-11(12)19/h3-5,7-8H,2,6,9H2,1H3,(H,20,23). The van der Waals surface area contributed by atoms with Crippen molar-refractivity contribution in [3.63, 3.8) is 0 Å². The second-order valence-corrected chi connectivity index (χ2v) is 6.99. The zero-order chi connectivity index (χ0) is 18.8. The van der Waals surface area contributed by atoms with Gasteiger partial charge in [0.05, 0.1) is 11.2 Å². The van der Waals surface area contributed by atoms with Crippen molar-refractivity contribution >= 4 is 44.7 Å². The number of rotatable bonds is 5. The summed E-state index contributed by atoms with van der Waals surface area (Å²) >= 11 is 6.90. The third kappa shape index (κ3) is 3.42. The van der Waals surface area contributed by atoms with E-state index in [2.05, 4.69) is 5.32 Å². The fraction of sp³-hybridized carbons (Fsp3) is 0.235. The van der Waals surface area contributed by atoms with Gasteiger partial charge in [-0.15, -0.1) is 11.3 Å². The second kappa shape index (κ2) is 7.43. The van der Waals surface area contributed by atoms with E-state index in [-0.39, 0.29) is 29.4 Å². The van der Waals surface area contributed by atoms with Crippen molar-refractivity contribution in [1.29, 1.82) is 0 Å². The summed E-state index contributed by atoms with van der Waals surface area (Å²) < 4.78 is 16.6. The molecule has 0 aliphatic carbocycles. The lowest BCUT2D eigenvalue weighted by Gasteiger charge is -2.12. The number of hydrogen-bond acceptors (Lipinski definition) is 4. The maximum Gasteiger partial charge on any atom is 0.332 e. The van der Waals surface area contributed by atoms with Crippen LogP contribution in [0.25, 0.3) is 10.2 Å². The normalized spacial score (nSPS) is 11.0. The van der Waals surface area contributed by atoms with Gasteiger partial charge in [-0.1, -0.05) is 18.5 Å². The average Bonchev–Trinajstić information content (AvgIpc) is 3.08. The van der Waals surface area contributed by atoms with Crippen LogP contribution >= 0.6 is 22.9 Å². The van der Waals surface area contributed by atoms with E-state index in [9.17, 15) is 18.8 Å². The molecular formula is C17H15ClFN3O3S. The Balaban J connectivity index is 1.98. The molecule has 0 radical (unpaired) electrons. The number of halogens is 2. The molecule has 0 aliphatic heterocycles. The van der Waals surface area contributed by atoms with E-state index in [4.69, 9.17) is 11.6 Å². The van der Waals surface area contributed by atoms with Gasteiger partial charge in [0.1, 0.15) is 17.1 Å². The lowest BCUT2D eigenvalue weighted by Crippen LogP contribution is -2.41. The summed E-state index contributed by atoms with van der Waals surface area (Å²) in [6.07, 6.45) is 0.605. The van der Waals surface area contributed by atoms with Gasteiger partial charge < -0.3 is 5.32 Å². The Bertz CT molecular complexity index is 1100. The first-order chi connectivity index (χ1) is 12.4. The topological polar surface area (TPSA) is 73.1 Å². The molecule has 26 heavy (non-hydrogen) atoms. The van der Waals surface area contributed by atoms with Gasteiger partial charge in [0, 0.05) is 11.6 Å². The highest BCUT2D eigenvalue weighted by Gasteiger charge is 2.16. The van der Waals surface area contributed by atoms with Crippen molar-refractivity contribution in [3.8, 4) is 0 Å². The van der Waals surface area contributed by atoms with E-state index >= 15 is 0 Å². The number of nitrogens with one attached hydrogen (secondary N) is 1. The van der Waals surface area contributed by atoms with Crippen LogP contribution in [0.1, 0.15) is 13.3 Å². The minimum atomic E-state index is -0.671. The molecule has 0 saturated carbocycles. The van der Waals surface area contributed by atoms with Crippen LogP contribution in [0, 0.1) is 5.82 Å². The molecule has 0 bridgehead atoms. The Kier molecular flexibility index (Phi) is 5.24. The summed E-state index contributed by atoms with van der Waals surface area (Å²) in [5.74, 6) is -1.25. The van der Waals surface area contributed by atoms with Crippen LogP contribution in [-0.2, 0) is 17.9 Å². The summed E-state index contributed by atoms with van der Waals surface area (Å²) in [6, 6.07) is 5.50. The zero-order valence-corrected chi connectivity index (χ0v) is 15.4. The first kappa shape index (κ1) is 18.3. The van der Waals surface area contributed by atoms with Gasteiger partial charge in [-0.2, -0.15) is 0 Å². The van der Waals surface area contributed by atoms with Crippen molar-refractivity contribution in [3.05, 3.63) is 61.3 Å². The van der Waals surface area contributed by atoms with Crippen LogP contribution in [0.4, 0.5) is 10.1 Å². The molecule has 0 unspecified atom stereocenters. The number of fused-ring (bicyclic) bond motifs is 1. The predicted octanol–water partition coefficient (Wildman–Crippen LogP) is 3.07. The largest absolute Gasteiger partial charge is 0.332 e. The molecule has 0 saturated heterocycles. The molecule has 0 spiro atoms. The van der Waals surface area contributed by atoms with Gasteiger partial charge in [0.2, 0.25) is 5.91 Å². The van der Waals surface area contributed by atoms with Gasteiger partial charge >= 0.3 is 5.69 Å². The fourth-order valence-electron chi connectivity index (χ4n) is 2.63. The molecule has 1 N–H and O–H groups in total. The van der Waals surface area contributed by atoms with Crippen molar-refractivity contribution in [2.45, 2.75) is 26.4 Å². The minimum Gasteiger partial charge on any atom is -0.322 e. The van der Waals surface area contributed by atoms with Crippen LogP contribution in [0.5, 0.6) is 0 Å². The summed E-state index contributed by atoms with van der Waals surface area (Å²) in [5.41, 5.74) is -0.559. The van der Waals surface area contributed by atoms with Crippen molar-refractivity contribution < 1.29 is 9.18 Å². The summed E-state index contributed by atoms with van der Waals surface area (Å²) in [6.45, 7) is 1.78. The van der Waals surface area contributed by atoms with Crippen molar-refractivity contribution in [1.82, 2.24) is 9.13 Å². The minimum absolute atomic E-state index is 0.0316. The average molecular weight is 396 g/mol. The molecule has 1 aromatic carbocycles. The molecule has 6 nitrogen and oxygen atoms in total. The fourth-order valence-corrected chi connectivity index (χ4v) is 3.63. The quantitative estimate of drug-likeness (QED) is 0.721. The number of thiophene rings is 1. The van der Waals surface area contributed by atoms with Gasteiger partial charge in [-0.3, -0.25) is 18.7 Å². The summed E-state index contributed by atoms with van der Waals surface area (Å²) in [7, 11) is 0. The smallest absolute Gasteiger partial charge is 0.322 e. The summed E-state index contributed by atoms with van der Waals surface area (Å²) in [4.78, 5) is 37.4. The predicted molar refractivity (Wildman–Crippen MR) is 101 cm³/mol. The number of benzene rings is 1. The SMILES string of the molecule is CCCn1c(=O)c2sccc2n(CC(=O)Nc2ccc(Cl)cc2F)c1=O. The number of aromatic nitrogens is 2. The number of amides is 1. The van der Waals surface area contributed by atoms with Crippen LogP contribution in [0.15, 0.2) is 39.2 Å². The first-order valence-electron chi connectivity index (χ1n) is 7.88. The Morgan fingerprint density at radius 2 is 2.04 bits per heavy atom. The maximum atomic E-state index is 13.8. The van der Waals surface area contributed by atoms with Crippen LogP contribution in [0.3, 0.4) is 0 Å². The van der Waals surface area contributed by atoms with E-state index in [0.29, 0.717) is 16.6 Å². The molecule has 0 aliphatic rings. The second-order valence-electron chi connectivity index (χ2n) is 5.63.